The zero-order chi connectivity index (χ0) is 10.8. The Morgan fingerprint density at radius 2 is 2.27 bits per heavy atom. The molecule has 1 aromatic heterocycles. The van der Waals surface area contributed by atoms with Gasteiger partial charge in [0.25, 0.3) is 0 Å². The monoisotopic (exact) mass is 210 g/mol. The topological polar surface area (TPSA) is 54.2 Å². The first-order valence-corrected chi connectivity index (χ1v) is 5.43. The lowest BCUT2D eigenvalue weighted by atomic mass is 10.1. The lowest BCUT2D eigenvalue weighted by Gasteiger charge is -2.19. The van der Waals surface area contributed by atoms with E-state index >= 15 is 0 Å². The number of rotatable bonds is 3. The molecule has 15 heavy (non-hydrogen) atoms. The minimum absolute atomic E-state index is 0.417. The zero-order valence-electron chi connectivity index (χ0n) is 9.35. The number of aromatic nitrogens is 3. The molecular formula is C10H18N4O. The molecule has 2 rings (SSSR count). The van der Waals surface area contributed by atoms with Gasteiger partial charge in [0.15, 0.2) is 5.82 Å². The van der Waals surface area contributed by atoms with E-state index in [1.54, 1.807) is 0 Å². The molecule has 0 saturated heterocycles. The molecule has 0 saturated carbocycles. The molecule has 1 aliphatic rings. The average Bonchev–Trinajstić information content (AvgIpc) is 2.59. The lowest BCUT2D eigenvalue weighted by Crippen LogP contribution is -2.21. The van der Waals surface area contributed by atoms with E-state index in [1.165, 1.54) is 0 Å². The molecule has 1 N–H and O–H groups in total. The van der Waals surface area contributed by atoms with E-state index in [-0.39, 0.29) is 0 Å². The van der Waals surface area contributed by atoms with E-state index in [9.17, 15) is 5.11 Å². The molecule has 0 aliphatic carbocycles. The second-order valence-corrected chi connectivity index (χ2v) is 4.34. The largest absolute Gasteiger partial charge is 0.385 e. The predicted octanol–water partition coefficient (Wildman–Crippen LogP) is 0.209. The van der Waals surface area contributed by atoms with Gasteiger partial charge in [0.05, 0.1) is 0 Å². The molecule has 1 aromatic rings. The number of hydrogen-bond donors (Lipinski definition) is 1. The third-order valence-corrected chi connectivity index (χ3v) is 2.80. The summed E-state index contributed by atoms with van der Waals surface area (Å²) >= 11 is 0. The highest BCUT2D eigenvalue weighted by Crippen LogP contribution is 2.23. The van der Waals surface area contributed by atoms with Crippen LogP contribution in [0, 0.1) is 0 Å². The summed E-state index contributed by atoms with van der Waals surface area (Å²) in [5, 5.41) is 17.9. The van der Waals surface area contributed by atoms with Crippen LogP contribution in [0.1, 0.15) is 30.6 Å². The van der Waals surface area contributed by atoms with Gasteiger partial charge in [-0.1, -0.05) is 0 Å². The molecule has 0 fully saturated rings. The van der Waals surface area contributed by atoms with Crippen LogP contribution < -0.4 is 0 Å². The summed E-state index contributed by atoms with van der Waals surface area (Å²) in [6.07, 6.45) is 2.30. The van der Waals surface area contributed by atoms with Crippen LogP contribution >= 0.6 is 0 Å². The number of aliphatic hydroxyl groups is 1. The van der Waals surface area contributed by atoms with Crippen molar-refractivity contribution in [2.75, 3.05) is 20.6 Å². The molecule has 1 atom stereocenters. The van der Waals surface area contributed by atoms with Gasteiger partial charge in [0, 0.05) is 19.5 Å². The summed E-state index contributed by atoms with van der Waals surface area (Å²) in [6.45, 7) is 1.91. The fraction of sp³-hybridized carbons (Fsp3) is 0.800. The quantitative estimate of drug-likeness (QED) is 0.775. The van der Waals surface area contributed by atoms with Crippen LogP contribution in [0.2, 0.25) is 0 Å². The van der Waals surface area contributed by atoms with Crippen molar-refractivity contribution in [1.82, 2.24) is 19.7 Å². The van der Waals surface area contributed by atoms with Crippen molar-refractivity contribution in [1.29, 1.82) is 0 Å². The fourth-order valence-corrected chi connectivity index (χ4v) is 1.92. The van der Waals surface area contributed by atoms with Crippen molar-refractivity contribution >= 4 is 0 Å². The van der Waals surface area contributed by atoms with Gasteiger partial charge in [0.1, 0.15) is 11.9 Å². The van der Waals surface area contributed by atoms with Crippen molar-refractivity contribution in [3.8, 4) is 0 Å². The molecule has 0 spiro atoms. The summed E-state index contributed by atoms with van der Waals surface area (Å²) in [5.74, 6) is 1.74. The van der Waals surface area contributed by atoms with E-state index < -0.39 is 6.10 Å². The number of aliphatic hydroxyl groups excluding tert-OH is 1. The molecular weight excluding hydrogens is 192 g/mol. The Kier molecular flexibility index (Phi) is 3.02. The van der Waals surface area contributed by atoms with Gasteiger partial charge in [-0.25, -0.2) is 0 Å². The maximum absolute atomic E-state index is 9.72. The number of fused-ring (bicyclic) bond motifs is 1. The van der Waals surface area contributed by atoms with Gasteiger partial charge < -0.3 is 14.6 Å². The minimum atomic E-state index is -0.417. The first-order valence-electron chi connectivity index (χ1n) is 5.43. The molecule has 1 unspecified atom stereocenters. The molecule has 5 heteroatoms. The van der Waals surface area contributed by atoms with E-state index in [0.29, 0.717) is 0 Å². The van der Waals surface area contributed by atoms with E-state index in [0.717, 1.165) is 44.0 Å². The van der Waals surface area contributed by atoms with E-state index in [4.69, 9.17) is 0 Å². The normalized spacial score (nSPS) is 20.7. The van der Waals surface area contributed by atoms with E-state index in [2.05, 4.69) is 19.7 Å². The van der Waals surface area contributed by atoms with Crippen molar-refractivity contribution in [2.24, 2.45) is 0 Å². The van der Waals surface area contributed by atoms with Crippen molar-refractivity contribution in [3.63, 3.8) is 0 Å². The lowest BCUT2D eigenvalue weighted by molar-refractivity contribution is 0.132. The van der Waals surface area contributed by atoms with Gasteiger partial charge >= 0.3 is 0 Å². The smallest absolute Gasteiger partial charge is 0.161 e. The maximum Gasteiger partial charge on any atom is 0.161 e. The van der Waals surface area contributed by atoms with Crippen molar-refractivity contribution in [3.05, 3.63) is 11.6 Å². The summed E-state index contributed by atoms with van der Waals surface area (Å²) in [6, 6.07) is 0. The highest BCUT2D eigenvalue weighted by molar-refractivity contribution is 5.02. The van der Waals surface area contributed by atoms with Crippen molar-refractivity contribution < 1.29 is 5.11 Å². The molecule has 0 aromatic carbocycles. The Morgan fingerprint density at radius 1 is 1.47 bits per heavy atom. The molecule has 1 aliphatic heterocycles. The van der Waals surface area contributed by atoms with E-state index in [1.807, 2.05) is 14.1 Å². The third-order valence-electron chi connectivity index (χ3n) is 2.80. The molecule has 5 nitrogen and oxygen atoms in total. The SMILES string of the molecule is CN(C)CCc1nnc2n1CCCC2O. The van der Waals surface area contributed by atoms with Crippen LogP contribution in [0.3, 0.4) is 0 Å². The Labute approximate surface area is 89.7 Å². The standard InChI is InChI=1S/C10H18N4O/c1-13(2)7-5-9-11-12-10-8(15)4-3-6-14(9)10/h8,15H,3-7H2,1-2H3. The summed E-state index contributed by atoms with van der Waals surface area (Å²) in [4.78, 5) is 2.13. The Morgan fingerprint density at radius 3 is 3.00 bits per heavy atom. The second-order valence-electron chi connectivity index (χ2n) is 4.34. The Balaban J connectivity index is 2.12. The van der Waals surface area contributed by atoms with Gasteiger partial charge in [-0.3, -0.25) is 0 Å². The zero-order valence-corrected chi connectivity index (χ0v) is 9.35. The van der Waals surface area contributed by atoms with Crippen LogP contribution in [0.25, 0.3) is 0 Å². The van der Waals surface area contributed by atoms with Crippen molar-refractivity contribution in [2.45, 2.75) is 31.9 Å². The second kappa shape index (κ2) is 4.28. The molecule has 2 heterocycles. The number of hydrogen-bond acceptors (Lipinski definition) is 4. The highest BCUT2D eigenvalue weighted by Gasteiger charge is 2.22. The molecule has 0 amide bonds. The van der Waals surface area contributed by atoms with Gasteiger partial charge in [0.2, 0.25) is 0 Å². The van der Waals surface area contributed by atoms with Gasteiger partial charge in [-0.2, -0.15) is 0 Å². The van der Waals surface area contributed by atoms with Crippen LogP contribution in [-0.4, -0.2) is 45.4 Å². The number of nitrogens with zero attached hydrogens (tertiary/aromatic N) is 4. The van der Waals surface area contributed by atoms with Crippen LogP contribution in [-0.2, 0) is 13.0 Å². The average molecular weight is 210 g/mol. The Bertz CT molecular complexity index is 334. The van der Waals surface area contributed by atoms with Gasteiger partial charge in [-0.05, 0) is 26.9 Å². The maximum atomic E-state index is 9.72. The van der Waals surface area contributed by atoms with Gasteiger partial charge in [-0.15, -0.1) is 10.2 Å². The predicted molar refractivity (Wildman–Crippen MR) is 56.5 cm³/mol. The van der Waals surface area contributed by atoms with Crippen LogP contribution in [0.4, 0.5) is 0 Å². The number of likely N-dealkylation sites (N-methyl/N-ethyl adjacent to an activating group) is 1. The van der Waals surface area contributed by atoms with Crippen LogP contribution in [0.5, 0.6) is 0 Å². The molecule has 0 bridgehead atoms. The molecule has 0 radical (unpaired) electrons. The van der Waals surface area contributed by atoms with Crippen LogP contribution in [0.15, 0.2) is 0 Å². The highest BCUT2D eigenvalue weighted by atomic mass is 16.3. The molecule has 84 valence electrons. The minimum Gasteiger partial charge on any atom is -0.385 e. The first kappa shape index (κ1) is 10.6. The first-order chi connectivity index (χ1) is 7.18. The Hall–Kier alpha value is -0.940. The summed E-state index contributed by atoms with van der Waals surface area (Å²) < 4.78 is 2.07. The summed E-state index contributed by atoms with van der Waals surface area (Å²) in [7, 11) is 4.09. The summed E-state index contributed by atoms with van der Waals surface area (Å²) in [5.41, 5.74) is 0. The third kappa shape index (κ3) is 2.18. The fourth-order valence-electron chi connectivity index (χ4n) is 1.92.